The molecule has 2 aliphatic rings. The number of ether oxygens (including phenoxy) is 2. The van der Waals surface area contributed by atoms with Gasteiger partial charge in [0.05, 0.1) is 30.5 Å². The molecule has 1 aliphatic carbocycles. The molecule has 0 radical (unpaired) electrons. The van der Waals surface area contributed by atoms with Gasteiger partial charge in [0.25, 0.3) is 5.91 Å². The number of carbonyl (C=O) groups excluding carboxylic acids is 2. The van der Waals surface area contributed by atoms with Gasteiger partial charge < -0.3 is 14.4 Å². The Labute approximate surface area is 251 Å². The van der Waals surface area contributed by atoms with Crippen LogP contribution in [0.15, 0.2) is 48.8 Å². The highest BCUT2D eigenvalue weighted by Gasteiger charge is 2.66. The number of halogens is 1. The van der Waals surface area contributed by atoms with E-state index in [0.29, 0.717) is 48.0 Å². The average Bonchev–Trinajstić information content (AvgIpc) is 3.53. The van der Waals surface area contributed by atoms with Gasteiger partial charge in [-0.05, 0) is 42.3 Å². The van der Waals surface area contributed by atoms with Gasteiger partial charge in [0, 0.05) is 53.7 Å². The second-order valence-corrected chi connectivity index (χ2v) is 12.4. The molecule has 0 atom stereocenters. The monoisotopic (exact) mass is 584 g/mol. The third kappa shape index (κ3) is 5.35. The van der Waals surface area contributed by atoms with Crippen LogP contribution in [-0.4, -0.2) is 45.8 Å². The number of carbonyl (C=O) groups is 2. The normalized spacial score (nSPS) is 19.6. The quantitative estimate of drug-likeness (QED) is 0.186. The summed E-state index contributed by atoms with van der Waals surface area (Å²) in [5, 5.41) is 4.68. The summed E-state index contributed by atoms with van der Waals surface area (Å²) in [5.41, 5.74) is 3.01. The number of hydrogen-bond acceptors (Lipinski definition) is 5. The van der Waals surface area contributed by atoms with Crippen LogP contribution in [0.3, 0.4) is 0 Å². The van der Waals surface area contributed by atoms with Crippen LogP contribution in [0.2, 0.25) is 5.02 Å². The van der Waals surface area contributed by atoms with Crippen molar-refractivity contribution in [3.8, 4) is 17.6 Å². The topological polar surface area (TPSA) is 78.0 Å². The first-order valence-corrected chi connectivity index (χ1v) is 14.2. The molecule has 0 bridgehead atoms. The number of rotatable bonds is 7. The lowest BCUT2D eigenvalue weighted by Crippen LogP contribution is -2.74. The van der Waals surface area contributed by atoms with E-state index in [-0.39, 0.29) is 34.9 Å². The van der Waals surface area contributed by atoms with Crippen molar-refractivity contribution in [3.63, 3.8) is 0 Å². The van der Waals surface area contributed by atoms with E-state index in [9.17, 15) is 9.59 Å². The average molecular weight is 585 g/mol. The Morgan fingerprint density at radius 3 is 2.57 bits per heavy atom. The van der Waals surface area contributed by atoms with Crippen molar-refractivity contribution in [1.82, 2.24) is 14.7 Å². The standard InChI is InChI=1S/C33H33ClN4O4/c1-32(2)30(33(3,4)31(32)42-24-12-14-27(35-5)26(34)17-24)38-20-23-16-21(11-13-25(23)29(38)40)9-10-22-18-36-37(19-22)15-7-8-28(39)41-6/h11-14,16-19,30-31H,7-8,15,20H2,1-4,6H3. The molecule has 0 N–H and O–H groups in total. The van der Waals surface area contributed by atoms with Crippen molar-refractivity contribution in [2.75, 3.05) is 7.11 Å². The molecule has 0 saturated heterocycles. The summed E-state index contributed by atoms with van der Waals surface area (Å²) in [4.78, 5) is 30.3. The van der Waals surface area contributed by atoms with E-state index < -0.39 is 0 Å². The predicted octanol–water partition coefficient (Wildman–Crippen LogP) is 6.28. The summed E-state index contributed by atoms with van der Waals surface area (Å²) >= 11 is 6.25. The minimum absolute atomic E-state index is 0.0202. The van der Waals surface area contributed by atoms with Crippen LogP contribution in [-0.2, 0) is 22.6 Å². The molecule has 1 amide bonds. The molecule has 1 aliphatic heterocycles. The Bertz CT molecular complexity index is 1640. The Hall–Kier alpha value is -4.27. The van der Waals surface area contributed by atoms with Crippen LogP contribution >= 0.6 is 11.6 Å². The van der Waals surface area contributed by atoms with E-state index in [0.717, 1.165) is 16.7 Å². The van der Waals surface area contributed by atoms with Gasteiger partial charge in [-0.1, -0.05) is 57.2 Å². The molecule has 2 heterocycles. The Kier molecular flexibility index (Phi) is 7.79. The zero-order valence-electron chi connectivity index (χ0n) is 24.4. The summed E-state index contributed by atoms with van der Waals surface area (Å²) < 4.78 is 12.9. The minimum Gasteiger partial charge on any atom is -0.489 e. The van der Waals surface area contributed by atoms with E-state index >= 15 is 0 Å². The lowest BCUT2D eigenvalue weighted by atomic mass is 9.49. The molecule has 216 valence electrons. The highest BCUT2D eigenvalue weighted by atomic mass is 35.5. The maximum Gasteiger partial charge on any atom is 0.305 e. The predicted molar refractivity (Wildman–Crippen MR) is 159 cm³/mol. The number of hydrogen-bond donors (Lipinski definition) is 0. The van der Waals surface area contributed by atoms with Crippen molar-refractivity contribution in [1.29, 1.82) is 0 Å². The highest BCUT2D eigenvalue weighted by Crippen LogP contribution is 2.59. The van der Waals surface area contributed by atoms with Crippen LogP contribution < -0.4 is 4.74 Å². The first kappa shape index (κ1) is 29.2. The summed E-state index contributed by atoms with van der Waals surface area (Å²) in [6.07, 6.45) is 4.38. The SMILES string of the molecule is [C-]#[N+]c1ccc(OC2C(C)(C)C(N3Cc4cc(C#Cc5cnn(CCCC(=O)OC)c5)ccc4C3=O)C2(C)C)cc1Cl. The number of amides is 1. The first-order valence-electron chi connectivity index (χ1n) is 13.8. The molecule has 5 rings (SSSR count). The number of aromatic nitrogens is 2. The lowest BCUT2D eigenvalue weighted by Gasteiger charge is -2.65. The fourth-order valence-corrected chi connectivity index (χ4v) is 7.03. The number of methoxy groups -OCH3 is 1. The van der Waals surface area contributed by atoms with Crippen molar-refractivity contribution in [3.05, 3.63) is 87.5 Å². The molecule has 8 nitrogen and oxygen atoms in total. The third-order valence-corrected chi connectivity index (χ3v) is 8.59. The lowest BCUT2D eigenvalue weighted by molar-refractivity contribution is -0.199. The molecule has 1 fully saturated rings. The highest BCUT2D eigenvalue weighted by molar-refractivity contribution is 6.33. The van der Waals surface area contributed by atoms with Gasteiger partial charge >= 0.3 is 5.97 Å². The molecule has 1 saturated carbocycles. The Morgan fingerprint density at radius 2 is 1.88 bits per heavy atom. The molecule has 42 heavy (non-hydrogen) atoms. The Balaban J connectivity index is 1.27. The summed E-state index contributed by atoms with van der Waals surface area (Å²) in [6.45, 7) is 16.9. The van der Waals surface area contributed by atoms with E-state index in [1.807, 2.05) is 29.3 Å². The summed E-state index contributed by atoms with van der Waals surface area (Å²) in [5.74, 6) is 6.75. The zero-order chi connectivity index (χ0) is 30.2. The van der Waals surface area contributed by atoms with Gasteiger partial charge in [-0.25, -0.2) is 4.85 Å². The van der Waals surface area contributed by atoms with Crippen molar-refractivity contribution < 1.29 is 19.1 Å². The van der Waals surface area contributed by atoms with E-state index in [1.54, 1.807) is 29.1 Å². The largest absolute Gasteiger partial charge is 0.489 e. The van der Waals surface area contributed by atoms with Gasteiger partial charge in [-0.2, -0.15) is 5.10 Å². The van der Waals surface area contributed by atoms with Gasteiger partial charge in [-0.15, -0.1) is 0 Å². The van der Waals surface area contributed by atoms with Crippen LogP contribution in [0.1, 0.15) is 67.6 Å². The van der Waals surface area contributed by atoms with E-state index in [4.69, 9.17) is 22.9 Å². The molecule has 1 aromatic heterocycles. The maximum atomic E-state index is 13.6. The number of benzene rings is 2. The fourth-order valence-electron chi connectivity index (χ4n) is 6.81. The number of fused-ring (bicyclic) bond motifs is 1. The van der Waals surface area contributed by atoms with Crippen LogP contribution in [0, 0.1) is 29.2 Å². The van der Waals surface area contributed by atoms with Crippen molar-refractivity contribution >= 4 is 29.2 Å². The number of nitrogens with zero attached hydrogens (tertiary/aromatic N) is 4. The fraction of sp³-hybridized carbons (Fsp3) is 0.394. The van der Waals surface area contributed by atoms with E-state index in [2.05, 4.69) is 54.2 Å². The second kappa shape index (κ2) is 11.2. The van der Waals surface area contributed by atoms with Gasteiger partial charge in [0.15, 0.2) is 0 Å². The second-order valence-electron chi connectivity index (χ2n) is 12.0. The van der Waals surface area contributed by atoms with E-state index in [1.165, 1.54) is 7.11 Å². The number of esters is 1. The van der Waals surface area contributed by atoms with Crippen molar-refractivity contribution in [2.45, 2.75) is 65.8 Å². The summed E-state index contributed by atoms with van der Waals surface area (Å²) in [7, 11) is 1.38. The zero-order valence-corrected chi connectivity index (χ0v) is 25.2. The molecular weight excluding hydrogens is 552 g/mol. The van der Waals surface area contributed by atoms with Crippen LogP contribution in [0.4, 0.5) is 5.69 Å². The molecule has 0 spiro atoms. The molecule has 0 unspecified atom stereocenters. The smallest absolute Gasteiger partial charge is 0.305 e. The summed E-state index contributed by atoms with van der Waals surface area (Å²) in [6, 6.07) is 10.8. The van der Waals surface area contributed by atoms with Gasteiger partial charge in [-0.3, -0.25) is 14.3 Å². The molecule has 3 aromatic rings. The van der Waals surface area contributed by atoms with Gasteiger partial charge in [0.2, 0.25) is 5.69 Å². The van der Waals surface area contributed by atoms with Crippen LogP contribution in [0.25, 0.3) is 4.85 Å². The van der Waals surface area contributed by atoms with Gasteiger partial charge in [0.1, 0.15) is 11.9 Å². The minimum atomic E-state index is -0.328. The molecular formula is C33H33ClN4O4. The molecule has 2 aromatic carbocycles. The van der Waals surface area contributed by atoms with Crippen LogP contribution in [0.5, 0.6) is 5.75 Å². The first-order chi connectivity index (χ1) is 19.9. The Morgan fingerprint density at radius 1 is 1.14 bits per heavy atom. The molecule has 9 heteroatoms. The number of aryl methyl sites for hydroxylation is 1. The third-order valence-electron chi connectivity index (χ3n) is 8.28. The van der Waals surface area contributed by atoms with Crippen molar-refractivity contribution in [2.24, 2.45) is 10.8 Å². The maximum absolute atomic E-state index is 13.6.